The van der Waals surface area contributed by atoms with E-state index in [2.05, 4.69) is 31.9 Å². The second kappa shape index (κ2) is 4.49. The SMILES string of the molecule is CC(=O)c1cc(Br)c(C(F)F)cc1Br. The maximum absolute atomic E-state index is 12.4. The van der Waals surface area contributed by atoms with Crippen LogP contribution in [0.15, 0.2) is 21.1 Å². The Morgan fingerprint density at radius 3 is 2.29 bits per heavy atom. The van der Waals surface area contributed by atoms with Crippen LogP contribution >= 0.6 is 31.9 Å². The van der Waals surface area contributed by atoms with Gasteiger partial charge in [0.25, 0.3) is 6.43 Å². The van der Waals surface area contributed by atoms with Crippen LogP contribution in [0.5, 0.6) is 0 Å². The van der Waals surface area contributed by atoms with Crippen LogP contribution in [-0.4, -0.2) is 5.78 Å². The number of carbonyl (C=O) groups excluding carboxylic acids is 1. The van der Waals surface area contributed by atoms with Crippen molar-refractivity contribution >= 4 is 37.6 Å². The van der Waals surface area contributed by atoms with Gasteiger partial charge in [0.1, 0.15) is 0 Å². The van der Waals surface area contributed by atoms with Gasteiger partial charge in [-0.3, -0.25) is 4.79 Å². The van der Waals surface area contributed by atoms with E-state index in [1.165, 1.54) is 19.1 Å². The molecule has 0 saturated carbocycles. The first-order valence-corrected chi connectivity index (χ1v) is 5.30. The van der Waals surface area contributed by atoms with Gasteiger partial charge in [0.05, 0.1) is 0 Å². The fourth-order valence-electron chi connectivity index (χ4n) is 0.999. The molecule has 1 nitrogen and oxygen atoms in total. The van der Waals surface area contributed by atoms with Crippen LogP contribution < -0.4 is 0 Å². The third-order valence-corrected chi connectivity index (χ3v) is 3.04. The van der Waals surface area contributed by atoms with Gasteiger partial charge >= 0.3 is 0 Å². The standard InChI is InChI=1S/C9H6Br2F2O/c1-4(14)5-2-8(11)6(9(12)13)3-7(5)10/h2-3,9H,1H3. The molecule has 0 fully saturated rings. The average molecular weight is 328 g/mol. The van der Waals surface area contributed by atoms with Crippen LogP contribution in [0.1, 0.15) is 29.3 Å². The molecule has 0 aromatic heterocycles. The molecular formula is C9H6Br2F2O. The summed E-state index contributed by atoms with van der Waals surface area (Å²) in [6.45, 7) is 1.38. The largest absolute Gasteiger partial charge is 0.294 e. The zero-order valence-electron chi connectivity index (χ0n) is 7.15. The summed E-state index contributed by atoms with van der Waals surface area (Å²) in [5.41, 5.74) is 0.267. The summed E-state index contributed by atoms with van der Waals surface area (Å²) in [7, 11) is 0. The van der Waals surface area contributed by atoms with Crippen molar-refractivity contribution in [1.82, 2.24) is 0 Å². The fraction of sp³-hybridized carbons (Fsp3) is 0.222. The summed E-state index contributed by atoms with van der Waals surface area (Å²) in [6, 6.07) is 2.65. The number of ketones is 1. The van der Waals surface area contributed by atoms with Crippen LogP contribution in [0.3, 0.4) is 0 Å². The minimum Gasteiger partial charge on any atom is -0.294 e. The van der Waals surface area contributed by atoms with Gasteiger partial charge in [0, 0.05) is 20.1 Å². The zero-order chi connectivity index (χ0) is 10.9. The first-order chi connectivity index (χ1) is 6.43. The molecule has 0 amide bonds. The molecule has 0 aliphatic heterocycles. The van der Waals surface area contributed by atoms with Gasteiger partial charge in [-0.2, -0.15) is 0 Å². The van der Waals surface area contributed by atoms with Gasteiger partial charge in [-0.15, -0.1) is 0 Å². The van der Waals surface area contributed by atoms with Gasteiger partial charge < -0.3 is 0 Å². The van der Waals surface area contributed by atoms with Crippen molar-refractivity contribution in [2.24, 2.45) is 0 Å². The van der Waals surface area contributed by atoms with E-state index in [0.29, 0.717) is 10.0 Å². The number of carbonyl (C=O) groups is 1. The Balaban J connectivity index is 3.31. The second-order valence-electron chi connectivity index (χ2n) is 2.71. The van der Waals surface area contributed by atoms with Gasteiger partial charge in [-0.05, 0) is 19.1 Å². The highest BCUT2D eigenvalue weighted by molar-refractivity contribution is 9.11. The number of alkyl halides is 2. The van der Waals surface area contributed by atoms with Crippen molar-refractivity contribution in [2.45, 2.75) is 13.3 Å². The summed E-state index contributed by atoms with van der Waals surface area (Å²) in [5, 5.41) is 0. The fourth-order valence-corrected chi connectivity index (χ4v) is 2.16. The van der Waals surface area contributed by atoms with Crippen molar-refractivity contribution < 1.29 is 13.6 Å². The van der Waals surface area contributed by atoms with Crippen molar-refractivity contribution in [3.05, 3.63) is 32.2 Å². The van der Waals surface area contributed by atoms with Crippen LogP contribution in [0, 0.1) is 0 Å². The molecule has 1 aromatic rings. The third kappa shape index (κ3) is 2.39. The van der Waals surface area contributed by atoms with Crippen LogP contribution in [0.2, 0.25) is 0 Å². The maximum Gasteiger partial charge on any atom is 0.264 e. The average Bonchev–Trinajstić information content (AvgIpc) is 2.07. The predicted octanol–water partition coefficient (Wildman–Crippen LogP) is 4.35. The minimum absolute atomic E-state index is 0.123. The minimum atomic E-state index is -2.55. The Labute approximate surface area is 96.8 Å². The molecule has 5 heteroatoms. The molecular weight excluding hydrogens is 322 g/mol. The molecule has 0 bridgehead atoms. The van der Waals surface area contributed by atoms with E-state index in [1.807, 2.05) is 0 Å². The first kappa shape index (κ1) is 11.8. The highest BCUT2D eigenvalue weighted by atomic mass is 79.9. The lowest BCUT2D eigenvalue weighted by Crippen LogP contribution is -1.96. The Hall–Kier alpha value is -0.290. The van der Waals surface area contributed by atoms with E-state index in [1.54, 1.807) is 0 Å². The monoisotopic (exact) mass is 326 g/mol. The summed E-state index contributed by atoms with van der Waals surface area (Å²) in [5.74, 6) is -0.168. The number of hydrogen-bond donors (Lipinski definition) is 0. The Kier molecular flexibility index (Phi) is 3.78. The van der Waals surface area contributed by atoms with Crippen molar-refractivity contribution in [1.29, 1.82) is 0 Å². The van der Waals surface area contributed by atoms with Crippen LogP contribution in [0.4, 0.5) is 8.78 Å². The third-order valence-electron chi connectivity index (χ3n) is 1.70. The lowest BCUT2D eigenvalue weighted by molar-refractivity contribution is 0.101. The van der Waals surface area contributed by atoms with E-state index in [-0.39, 0.29) is 15.8 Å². The summed E-state index contributed by atoms with van der Waals surface area (Å²) in [6.07, 6.45) is -2.55. The van der Waals surface area contributed by atoms with Gasteiger partial charge in [-0.1, -0.05) is 31.9 Å². The van der Waals surface area contributed by atoms with Crippen molar-refractivity contribution in [2.75, 3.05) is 0 Å². The molecule has 0 saturated heterocycles. The Bertz CT molecular complexity index is 377. The van der Waals surface area contributed by atoms with E-state index in [4.69, 9.17) is 0 Å². The van der Waals surface area contributed by atoms with Gasteiger partial charge in [-0.25, -0.2) is 8.78 Å². The highest BCUT2D eigenvalue weighted by Gasteiger charge is 2.15. The molecule has 1 aromatic carbocycles. The van der Waals surface area contributed by atoms with Crippen molar-refractivity contribution in [3.63, 3.8) is 0 Å². The number of hydrogen-bond acceptors (Lipinski definition) is 1. The Morgan fingerprint density at radius 2 is 1.86 bits per heavy atom. The number of Topliss-reactive ketones (excluding diaryl/α,β-unsaturated/α-hetero) is 1. The lowest BCUT2D eigenvalue weighted by atomic mass is 10.1. The van der Waals surface area contributed by atoms with Gasteiger partial charge in [0.15, 0.2) is 5.78 Å². The number of rotatable bonds is 2. The maximum atomic E-state index is 12.4. The molecule has 0 aliphatic rings. The molecule has 0 unspecified atom stereocenters. The topological polar surface area (TPSA) is 17.1 Å². The Morgan fingerprint density at radius 1 is 1.29 bits per heavy atom. The smallest absolute Gasteiger partial charge is 0.264 e. The summed E-state index contributed by atoms with van der Waals surface area (Å²) >= 11 is 6.07. The summed E-state index contributed by atoms with van der Waals surface area (Å²) < 4.78 is 25.5. The first-order valence-electron chi connectivity index (χ1n) is 3.71. The normalized spacial score (nSPS) is 10.7. The molecule has 0 atom stereocenters. The molecule has 0 N–H and O–H groups in total. The second-order valence-corrected chi connectivity index (χ2v) is 4.42. The molecule has 0 aliphatic carbocycles. The van der Waals surface area contributed by atoms with Crippen molar-refractivity contribution in [3.8, 4) is 0 Å². The molecule has 76 valence electrons. The molecule has 0 heterocycles. The lowest BCUT2D eigenvalue weighted by Gasteiger charge is -2.07. The highest BCUT2D eigenvalue weighted by Crippen LogP contribution is 2.32. The number of benzene rings is 1. The molecule has 0 spiro atoms. The van der Waals surface area contributed by atoms with Crippen LogP contribution in [-0.2, 0) is 0 Å². The number of halogens is 4. The molecule has 14 heavy (non-hydrogen) atoms. The van der Waals surface area contributed by atoms with Crippen LogP contribution in [0.25, 0.3) is 0 Å². The zero-order valence-corrected chi connectivity index (χ0v) is 10.3. The molecule has 0 radical (unpaired) electrons. The molecule has 1 rings (SSSR count). The predicted molar refractivity (Wildman–Crippen MR) is 56.8 cm³/mol. The van der Waals surface area contributed by atoms with E-state index < -0.39 is 6.43 Å². The van der Waals surface area contributed by atoms with E-state index >= 15 is 0 Å². The quantitative estimate of drug-likeness (QED) is 0.738. The van der Waals surface area contributed by atoms with E-state index in [9.17, 15) is 13.6 Å². The van der Waals surface area contributed by atoms with E-state index in [0.717, 1.165) is 0 Å². The summed E-state index contributed by atoms with van der Waals surface area (Å²) in [4.78, 5) is 11.1. The van der Waals surface area contributed by atoms with Gasteiger partial charge in [0.2, 0.25) is 0 Å².